The van der Waals surface area contributed by atoms with Gasteiger partial charge < -0.3 is 0 Å². The number of aromatic nitrogens is 2. The van der Waals surface area contributed by atoms with E-state index >= 15 is 0 Å². The maximum atomic E-state index is 12.9. The number of carbonyl (C=O) groups excluding carboxylic acids is 2. The fourth-order valence-corrected chi connectivity index (χ4v) is 5.92. The Morgan fingerprint density at radius 2 is 1.00 bits per heavy atom. The van der Waals surface area contributed by atoms with Gasteiger partial charge in [-0.3, -0.25) is 9.59 Å². The van der Waals surface area contributed by atoms with E-state index in [0.29, 0.717) is 54.8 Å². The number of nitrogens with zero attached hydrogens (tertiary/aromatic N) is 6. The van der Waals surface area contributed by atoms with E-state index in [4.69, 9.17) is 16.5 Å². The smallest absolute Gasteiger partial charge is 0.284 e. The molecular weight excluding hydrogens is 662 g/mol. The van der Waals surface area contributed by atoms with Crippen molar-refractivity contribution in [1.82, 2.24) is 9.97 Å². The molecule has 0 N–H and O–H groups in total. The van der Waals surface area contributed by atoms with Gasteiger partial charge >= 0.3 is 12.4 Å². The number of Topliss-reactive ketones (excluding diaryl/α,β-unsaturated/α-hetero) is 2. The highest BCUT2D eigenvalue weighted by molar-refractivity contribution is 6.15. The molecular formula is C36H14F6N6O2. The summed E-state index contributed by atoms with van der Waals surface area (Å²) in [4.78, 5) is 40.1. The summed E-state index contributed by atoms with van der Waals surface area (Å²) < 4.78 is 77.3. The quantitative estimate of drug-likeness (QED) is 0.0619. The van der Waals surface area contributed by atoms with E-state index in [-0.39, 0.29) is 21.7 Å². The van der Waals surface area contributed by atoms with Crippen LogP contribution in [-0.2, 0) is 0 Å². The summed E-state index contributed by atoms with van der Waals surface area (Å²) >= 11 is 0. The maximum Gasteiger partial charge on any atom is 0.454 e. The molecule has 0 spiro atoms. The molecule has 0 saturated carbocycles. The summed E-state index contributed by atoms with van der Waals surface area (Å²) in [6, 6.07) is 20.0. The molecule has 50 heavy (non-hydrogen) atoms. The minimum atomic E-state index is -5.01. The van der Waals surface area contributed by atoms with Crippen LogP contribution in [0.4, 0.5) is 26.3 Å². The second kappa shape index (κ2) is 11.4. The van der Waals surface area contributed by atoms with E-state index in [2.05, 4.69) is 15.0 Å². The molecule has 7 rings (SSSR count). The van der Waals surface area contributed by atoms with Crippen LogP contribution in [0.25, 0.3) is 70.8 Å². The van der Waals surface area contributed by atoms with Crippen molar-refractivity contribution in [3.05, 3.63) is 118 Å². The lowest BCUT2D eigenvalue weighted by Crippen LogP contribution is -2.22. The second-order valence-electron chi connectivity index (χ2n) is 11.1. The van der Waals surface area contributed by atoms with Gasteiger partial charge in [-0.15, -0.1) is 4.95 Å². The normalized spacial score (nSPS) is 13.0. The molecule has 0 amide bonds. The third-order valence-electron chi connectivity index (χ3n) is 8.19. The molecule has 0 aliphatic heterocycles. The van der Waals surface area contributed by atoms with Crippen LogP contribution in [0.5, 0.6) is 0 Å². The highest BCUT2D eigenvalue weighted by Crippen LogP contribution is 2.33. The van der Waals surface area contributed by atoms with Crippen LogP contribution in [0.1, 0.15) is 20.7 Å². The molecule has 7 aromatic rings. The summed E-state index contributed by atoms with van der Waals surface area (Å²) in [5, 5.41) is 16.0. The van der Waals surface area contributed by atoms with Gasteiger partial charge in [0.2, 0.25) is 6.19 Å². The second-order valence-corrected chi connectivity index (χ2v) is 11.1. The zero-order valence-electron chi connectivity index (χ0n) is 24.9. The van der Waals surface area contributed by atoms with Crippen LogP contribution in [0, 0.1) is 18.0 Å². The molecule has 242 valence electrons. The first-order valence-electron chi connectivity index (χ1n) is 14.4. The van der Waals surface area contributed by atoms with E-state index in [1.807, 2.05) is 0 Å². The van der Waals surface area contributed by atoms with Crippen LogP contribution < -0.4 is 10.7 Å². The highest BCUT2D eigenvalue weighted by atomic mass is 19.4. The number of benzene rings is 4. The SMILES string of the molecule is [C-]#[N+]/N=c1\c2cc(-c3ccc(C(=O)C(F)(F)F)cc3)ccc2c2nc3c(=NC#N)c4cc(-c5ccc(C(=O)C(F)(F)F)cc5)ccc4c3nc12. The van der Waals surface area contributed by atoms with E-state index < -0.39 is 35.0 Å². The number of hydrogen-bond donors (Lipinski definition) is 0. The predicted molar refractivity (Wildman–Crippen MR) is 169 cm³/mol. The highest BCUT2D eigenvalue weighted by Gasteiger charge is 2.40. The number of hydrogen-bond acceptors (Lipinski definition) is 7. The van der Waals surface area contributed by atoms with Crippen LogP contribution in [0.15, 0.2) is 95.0 Å². The van der Waals surface area contributed by atoms with Gasteiger partial charge in [0, 0.05) is 32.7 Å². The Morgan fingerprint density at radius 3 is 1.40 bits per heavy atom. The van der Waals surface area contributed by atoms with E-state index in [1.165, 1.54) is 24.3 Å². The number of carbonyl (C=O) groups is 2. The number of rotatable bonds is 4. The van der Waals surface area contributed by atoms with Gasteiger partial charge in [-0.05, 0) is 34.4 Å². The first kappa shape index (κ1) is 31.8. The lowest BCUT2D eigenvalue weighted by molar-refractivity contribution is -0.0888. The van der Waals surface area contributed by atoms with E-state index in [9.17, 15) is 41.2 Å². The van der Waals surface area contributed by atoms with Crippen molar-refractivity contribution < 1.29 is 35.9 Å². The standard InChI is InChI=1S/C36H14F6N6O2/c1-44-48-30-26-15-22(18-4-8-20(9-5-18)34(50)36(40,41)42)11-13-24(26)29-32(30)47-28-23-12-10-21(14-25(23)27(45-16-43)31(28)46-29)17-2-6-19(7-3-17)33(49)35(37,38)39/h2-15H/b45-27?,48-30+. The zero-order chi connectivity index (χ0) is 35.5. The lowest BCUT2D eigenvalue weighted by Gasteiger charge is -2.07. The summed E-state index contributed by atoms with van der Waals surface area (Å²) in [5.41, 5.74) is 2.35. The first-order chi connectivity index (χ1) is 23.8. The Balaban J connectivity index is 1.38. The number of nitriles is 1. The van der Waals surface area contributed by atoms with E-state index in [1.54, 1.807) is 42.6 Å². The summed E-state index contributed by atoms with van der Waals surface area (Å²) in [6.45, 7) is 7.45. The van der Waals surface area contributed by atoms with Gasteiger partial charge in [0.15, 0.2) is 5.36 Å². The molecule has 6 aromatic carbocycles. The Hall–Kier alpha value is -6.80. The van der Waals surface area contributed by atoms with Crippen LogP contribution in [0.2, 0.25) is 0 Å². The van der Waals surface area contributed by atoms with Crippen molar-refractivity contribution in [2.24, 2.45) is 10.1 Å². The zero-order valence-corrected chi connectivity index (χ0v) is 24.9. The minimum absolute atomic E-state index is 0.195. The molecule has 0 atom stereocenters. The lowest BCUT2D eigenvalue weighted by atomic mass is 10.0. The van der Waals surface area contributed by atoms with Crippen LogP contribution >= 0.6 is 0 Å². The fourth-order valence-electron chi connectivity index (χ4n) is 5.92. The molecule has 0 bridgehead atoms. The molecule has 0 radical (unpaired) electrons. The maximum absolute atomic E-state index is 12.9. The van der Waals surface area contributed by atoms with Gasteiger partial charge in [0.05, 0.1) is 16.1 Å². The molecule has 0 fully saturated rings. The Morgan fingerprint density at radius 1 is 0.600 bits per heavy atom. The molecule has 0 aliphatic carbocycles. The average Bonchev–Trinajstić information content (AvgIpc) is 3.56. The molecule has 1 aromatic heterocycles. The first-order valence-corrected chi connectivity index (χ1v) is 14.4. The number of alkyl halides is 6. The molecule has 1 heterocycles. The fraction of sp³-hybridized carbons (Fsp3) is 0.0556. The monoisotopic (exact) mass is 676 g/mol. The Kier molecular flexibility index (Phi) is 7.26. The van der Waals surface area contributed by atoms with Crippen molar-refractivity contribution in [3.63, 3.8) is 0 Å². The van der Waals surface area contributed by atoms with Crippen molar-refractivity contribution in [2.45, 2.75) is 12.4 Å². The molecule has 0 aliphatic rings. The van der Waals surface area contributed by atoms with Crippen LogP contribution in [0.3, 0.4) is 0 Å². The molecule has 0 saturated heterocycles. The van der Waals surface area contributed by atoms with Crippen LogP contribution in [-0.4, -0.2) is 33.9 Å². The third-order valence-corrected chi connectivity index (χ3v) is 8.19. The van der Waals surface area contributed by atoms with E-state index in [0.717, 1.165) is 24.3 Å². The third kappa shape index (κ3) is 5.20. The topological polar surface area (TPSA) is 113 Å². The van der Waals surface area contributed by atoms with Crippen molar-refractivity contribution in [1.29, 1.82) is 5.26 Å². The number of fused-ring (bicyclic) bond motifs is 6. The largest absolute Gasteiger partial charge is 0.454 e. The minimum Gasteiger partial charge on any atom is -0.284 e. The van der Waals surface area contributed by atoms with Gasteiger partial charge in [-0.1, -0.05) is 72.8 Å². The van der Waals surface area contributed by atoms with Gasteiger partial charge in [0.1, 0.15) is 16.4 Å². The molecule has 14 heteroatoms. The summed E-state index contributed by atoms with van der Waals surface area (Å²) in [6.07, 6.45) is -8.25. The van der Waals surface area contributed by atoms with Gasteiger partial charge in [0.25, 0.3) is 11.6 Å². The summed E-state index contributed by atoms with van der Waals surface area (Å²) in [5.74, 6) is -3.92. The van der Waals surface area contributed by atoms with Crippen molar-refractivity contribution in [2.75, 3.05) is 0 Å². The molecule has 0 unspecified atom stereocenters. The van der Waals surface area contributed by atoms with Gasteiger partial charge in [-0.25, -0.2) is 9.97 Å². The van der Waals surface area contributed by atoms with Crippen molar-refractivity contribution in [3.8, 4) is 28.4 Å². The average molecular weight is 677 g/mol. The number of ketones is 2. The predicted octanol–water partition coefficient (Wildman–Crippen LogP) is 7.91. The number of halogens is 6. The Bertz CT molecular complexity index is 2590. The van der Waals surface area contributed by atoms with Crippen molar-refractivity contribution >= 4 is 55.2 Å². The summed E-state index contributed by atoms with van der Waals surface area (Å²) in [7, 11) is 0. The molecule has 8 nitrogen and oxygen atoms in total. The Labute approximate surface area is 275 Å². The van der Waals surface area contributed by atoms with Gasteiger partial charge in [-0.2, -0.15) is 43.2 Å².